The molecule has 184 valence electrons. The standard InChI is InChI=1S/C25H16BrCl3N2O4S/c26-18-8-7-17(11-20(18)29)30-23(32)12-31-24(33)22(36-25(31)34)9-14-3-1-2-4-21(14)35-13-15-5-6-16(27)10-19(15)28/h1-11H,12-13H2,(H,30,32)/b22-9+. The molecule has 0 radical (unpaired) electrons. The number of nitrogens with one attached hydrogen (secondary N) is 1. The second-order valence-corrected chi connectivity index (χ2v) is 10.6. The minimum Gasteiger partial charge on any atom is -0.488 e. The van der Waals surface area contributed by atoms with Crippen LogP contribution in [0.25, 0.3) is 6.08 Å². The van der Waals surface area contributed by atoms with Gasteiger partial charge in [-0.2, -0.15) is 0 Å². The molecule has 0 unspecified atom stereocenters. The summed E-state index contributed by atoms with van der Waals surface area (Å²) in [6.07, 6.45) is 1.57. The fourth-order valence-electron chi connectivity index (χ4n) is 3.22. The maximum absolute atomic E-state index is 12.9. The summed E-state index contributed by atoms with van der Waals surface area (Å²) in [5.41, 5.74) is 1.79. The van der Waals surface area contributed by atoms with E-state index in [9.17, 15) is 14.4 Å². The van der Waals surface area contributed by atoms with Gasteiger partial charge in [-0.15, -0.1) is 0 Å². The Morgan fingerprint density at radius 1 is 1.03 bits per heavy atom. The molecule has 6 nitrogen and oxygen atoms in total. The van der Waals surface area contributed by atoms with Crippen molar-refractivity contribution in [2.24, 2.45) is 0 Å². The van der Waals surface area contributed by atoms with Crippen molar-refractivity contribution in [3.05, 3.63) is 96.2 Å². The maximum atomic E-state index is 12.9. The number of imide groups is 1. The van der Waals surface area contributed by atoms with Gasteiger partial charge in [-0.05, 0) is 70.2 Å². The second kappa shape index (κ2) is 11.7. The van der Waals surface area contributed by atoms with Gasteiger partial charge in [0.1, 0.15) is 18.9 Å². The highest BCUT2D eigenvalue weighted by atomic mass is 79.9. The van der Waals surface area contributed by atoms with E-state index in [0.29, 0.717) is 36.5 Å². The predicted octanol–water partition coefficient (Wildman–Crippen LogP) is 7.66. The molecule has 4 rings (SSSR count). The summed E-state index contributed by atoms with van der Waals surface area (Å²) in [5, 5.41) is 3.51. The van der Waals surface area contributed by atoms with E-state index in [1.54, 1.807) is 66.7 Å². The average Bonchev–Trinajstić information content (AvgIpc) is 3.09. The molecule has 1 heterocycles. The molecule has 0 atom stereocenters. The highest BCUT2D eigenvalue weighted by molar-refractivity contribution is 9.10. The van der Waals surface area contributed by atoms with Crippen LogP contribution in [0, 0.1) is 0 Å². The van der Waals surface area contributed by atoms with Crippen molar-refractivity contribution in [3.63, 3.8) is 0 Å². The number of thioether (sulfide) groups is 1. The number of carbonyl (C=O) groups excluding carboxylic acids is 3. The predicted molar refractivity (Wildman–Crippen MR) is 148 cm³/mol. The highest BCUT2D eigenvalue weighted by Crippen LogP contribution is 2.34. The van der Waals surface area contributed by atoms with Crippen molar-refractivity contribution in [1.29, 1.82) is 0 Å². The largest absolute Gasteiger partial charge is 0.488 e. The number of halogens is 4. The van der Waals surface area contributed by atoms with Gasteiger partial charge in [0, 0.05) is 31.3 Å². The van der Waals surface area contributed by atoms with Crippen LogP contribution in [0.15, 0.2) is 70.0 Å². The number of rotatable bonds is 7. The average molecular weight is 627 g/mol. The summed E-state index contributed by atoms with van der Waals surface area (Å²) in [6.45, 7) is -0.245. The minimum atomic E-state index is -0.565. The number of hydrogen-bond acceptors (Lipinski definition) is 5. The first kappa shape index (κ1) is 26.6. The summed E-state index contributed by atoms with van der Waals surface area (Å²) in [4.78, 5) is 38.9. The molecule has 1 saturated heterocycles. The molecule has 1 N–H and O–H groups in total. The highest BCUT2D eigenvalue weighted by Gasteiger charge is 2.36. The van der Waals surface area contributed by atoms with Crippen LogP contribution in [0.3, 0.4) is 0 Å². The molecule has 0 spiro atoms. The van der Waals surface area contributed by atoms with Gasteiger partial charge in [0.2, 0.25) is 5.91 Å². The Morgan fingerprint density at radius 2 is 1.81 bits per heavy atom. The zero-order valence-corrected chi connectivity index (χ0v) is 22.9. The van der Waals surface area contributed by atoms with Gasteiger partial charge in [0.05, 0.1) is 9.93 Å². The smallest absolute Gasteiger partial charge is 0.294 e. The van der Waals surface area contributed by atoms with E-state index in [-0.39, 0.29) is 11.5 Å². The molecular formula is C25H16BrCl3N2O4S. The number of ether oxygens (including phenoxy) is 1. The maximum Gasteiger partial charge on any atom is 0.294 e. The van der Waals surface area contributed by atoms with Crippen molar-refractivity contribution in [1.82, 2.24) is 4.90 Å². The normalized spacial score (nSPS) is 14.4. The molecule has 0 saturated carbocycles. The van der Waals surface area contributed by atoms with Crippen LogP contribution in [0.1, 0.15) is 11.1 Å². The lowest BCUT2D eigenvalue weighted by Gasteiger charge is -2.13. The summed E-state index contributed by atoms with van der Waals surface area (Å²) < 4.78 is 6.60. The zero-order valence-electron chi connectivity index (χ0n) is 18.3. The van der Waals surface area contributed by atoms with Crippen LogP contribution >= 0.6 is 62.5 Å². The van der Waals surface area contributed by atoms with Gasteiger partial charge in [0.25, 0.3) is 11.1 Å². The number of anilines is 1. The second-order valence-electron chi connectivity index (χ2n) is 7.51. The molecule has 0 bridgehead atoms. The van der Waals surface area contributed by atoms with Crippen LogP contribution in [0.4, 0.5) is 10.5 Å². The lowest BCUT2D eigenvalue weighted by Crippen LogP contribution is -2.36. The number of carbonyl (C=O) groups is 3. The SMILES string of the molecule is O=C(CN1C(=O)S/C(=C/c2ccccc2OCc2ccc(Cl)cc2Cl)C1=O)Nc1ccc(Br)c(Cl)c1. The Balaban J connectivity index is 1.45. The Bertz CT molecular complexity index is 1400. The minimum absolute atomic E-state index is 0.181. The molecule has 1 aliphatic rings. The Morgan fingerprint density at radius 3 is 2.56 bits per heavy atom. The third kappa shape index (κ3) is 6.44. The van der Waals surface area contributed by atoms with E-state index >= 15 is 0 Å². The Hall–Kier alpha value is -2.49. The molecule has 1 aliphatic heterocycles. The molecule has 36 heavy (non-hydrogen) atoms. The van der Waals surface area contributed by atoms with Crippen LogP contribution in [0.2, 0.25) is 15.1 Å². The number of benzene rings is 3. The fraction of sp³-hybridized carbons (Fsp3) is 0.0800. The van der Waals surface area contributed by atoms with E-state index in [4.69, 9.17) is 39.5 Å². The molecule has 3 amide bonds. The van der Waals surface area contributed by atoms with Gasteiger partial charge in [-0.3, -0.25) is 19.3 Å². The van der Waals surface area contributed by atoms with Gasteiger partial charge >= 0.3 is 0 Å². The summed E-state index contributed by atoms with van der Waals surface area (Å²) in [5.74, 6) is -0.592. The molecule has 1 fully saturated rings. The number of hydrogen-bond donors (Lipinski definition) is 1. The molecule has 3 aromatic rings. The fourth-order valence-corrected chi connectivity index (χ4v) is 4.94. The lowest BCUT2D eigenvalue weighted by atomic mass is 10.1. The number of nitrogens with zero attached hydrogens (tertiary/aromatic N) is 1. The number of amides is 3. The first-order valence-electron chi connectivity index (χ1n) is 10.4. The van der Waals surface area contributed by atoms with Crippen LogP contribution in [-0.4, -0.2) is 28.5 Å². The van der Waals surface area contributed by atoms with Crippen molar-refractivity contribution < 1.29 is 19.1 Å². The molecule has 0 aliphatic carbocycles. The summed E-state index contributed by atoms with van der Waals surface area (Å²) in [7, 11) is 0. The van der Waals surface area contributed by atoms with Gasteiger partial charge in [-0.1, -0.05) is 59.1 Å². The number of para-hydroxylation sites is 1. The van der Waals surface area contributed by atoms with E-state index in [1.807, 2.05) is 0 Å². The first-order chi connectivity index (χ1) is 17.2. The van der Waals surface area contributed by atoms with Crippen LogP contribution < -0.4 is 10.1 Å². The third-order valence-corrected chi connectivity index (χ3v) is 7.71. The zero-order chi connectivity index (χ0) is 25.8. The van der Waals surface area contributed by atoms with Crippen molar-refractivity contribution in [3.8, 4) is 5.75 Å². The molecule has 0 aromatic heterocycles. The van der Waals surface area contributed by atoms with E-state index in [0.717, 1.165) is 22.2 Å². The quantitative estimate of drug-likeness (QED) is 0.273. The molecular weight excluding hydrogens is 611 g/mol. The van der Waals surface area contributed by atoms with E-state index in [2.05, 4.69) is 21.2 Å². The van der Waals surface area contributed by atoms with E-state index < -0.39 is 23.6 Å². The molecule has 3 aromatic carbocycles. The van der Waals surface area contributed by atoms with Crippen LogP contribution in [0.5, 0.6) is 5.75 Å². The summed E-state index contributed by atoms with van der Waals surface area (Å²) >= 11 is 22.2. The lowest BCUT2D eigenvalue weighted by molar-refractivity contribution is -0.127. The van der Waals surface area contributed by atoms with Crippen molar-refractivity contribution in [2.45, 2.75) is 6.61 Å². The topological polar surface area (TPSA) is 75.7 Å². The summed E-state index contributed by atoms with van der Waals surface area (Å²) in [6, 6.07) is 17.1. The first-order valence-corrected chi connectivity index (χ1v) is 13.1. The van der Waals surface area contributed by atoms with E-state index in [1.165, 1.54) is 0 Å². The van der Waals surface area contributed by atoms with Gasteiger partial charge in [0.15, 0.2) is 0 Å². The van der Waals surface area contributed by atoms with Gasteiger partial charge in [-0.25, -0.2) is 0 Å². The Labute approximate surface area is 234 Å². The van der Waals surface area contributed by atoms with Gasteiger partial charge < -0.3 is 10.1 Å². The Kier molecular flexibility index (Phi) is 8.64. The monoisotopic (exact) mass is 624 g/mol. The third-order valence-electron chi connectivity index (χ3n) is 4.98. The molecule has 11 heteroatoms. The van der Waals surface area contributed by atoms with Crippen molar-refractivity contribution in [2.75, 3.05) is 11.9 Å². The van der Waals surface area contributed by atoms with Crippen molar-refractivity contribution >= 4 is 91.3 Å². The van der Waals surface area contributed by atoms with Crippen LogP contribution in [-0.2, 0) is 16.2 Å².